The summed E-state index contributed by atoms with van der Waals surface area (Å²) in [6.45, 7) is 2.53. The highest BCUT2D eigenvalue weighted by Gasteiger charge is 2.31. The standard InChI is InChI=1S/C19H26N2O3/c1-24-19(23)15-6-8-17(9-7-15)20-18(22)13-21-11-10-14-4-2-3-5-16(14)12-21/h6-9,14,16H,2-5,10-13H2,1H3,(H,20,22)/t14-,16-/m1/s1. The number of amides is 1. The van der Waals surface area contributed by atoms with Gasteiger partial charge in [-0.05, 0) is 55.5 Å². The van der Waals surface area contributed by atoms with Gasteiger partial charge in [0.2, 0.25) is 5.91 Å². The zero-order valence-electron chi connectivity index (χ0n) is 14.3. The molecule has 2 atom stereocenters. The molecule has 5 heteroatoms. The molecule has 5 nitrogen and oxygen atoms in total. The highest BCUT2D eigenvalue weighted by molar-refractivity contribution is 5.93. The van der Waals surface area contributed by atoms with Gasteiger partial charge in [-0.25, -0.2) is 4.79 Å². The highest BCUT2D eigenvalue weighted by atomic mass is 16.5. The third-order valence-electron chi connectivity index (χ3n) is 5.33. The van der Waals surface area contributed by atoms with Crippen LogP contribution in [-0.2, 0) is 9.53 Å². The predicted octanol–water partition coefficient (Wildman–Crippen LogP) is 2.92. The van der Waals surface area contributed by atoms with Crippen LogP contribution >= 0.6 is 0 Å². The molecule has 0 unspecified atom stereocenters. The zero-order valence-corrected chi connectivity index (χ0v) is 14.3. The number of carbonyl (C=O) groups excluding carboxylic acids is 2. The molecule has 1 saturated carbocycles. The van der Waals surface area contributed by atoms with Crippen LogP contribution in [0.3, 0.4) is 0 Å². The van der Waals surface area contributed by atoms with Crippen LogP contribution in [-0.4, -0.2) is 43.5 Å². The molecule has 1 amide bonds. The van der Waals surface area contributed by atoms with Crippen molar-refractivity contribution < 1.29 is 14.3 Å². The van der Waals surface area contributed by atoms with Crippen molar-refractivity contribution in [2.24, 2.45) is 11.8 Å². The summed E-state index contributed by atoms with van der Waals surface area (Å²) in [6, 6.07) is 6.79. The maximum absolute atomic E-state index is 12.3. The van der Waals surface area contributed by atoms with Crippen molar-refractivity contribution in [1.82, 2.24) is 4.90 Å². The number of anilines is 1. The van der Waals surface area contributed by atoms with E-state index >= 15 is 0 Å². The van der Waals surface area contributed by atoms with E-state index in [4.69, 9.17) is 0 Å². The molecular formula is C19H26N2O3. The van der Waals surface area contributed by atoms with Crippen LogP contribution in [0.2, 0.25) is 0 Å². The van der Waals surface area contributed by atoms with E-state index in [1.807, 2.05) is 0 Å². The van der Waals surface area contributed by atoms with E-state index in [1.165, 1.54) is 39.2 Å². The Morgan fingerprint density at radius 2 is 1.83 bits per heavy atom. The normalized spacial score (nSPS) is 24.0. The first-order valence-corrected chi connectivity index (χ1v) is 8.86. The van der Waals surface area contributed by atoms with E-state index < -0.39 is 0 Å². The third kappa shape index (κ3) is 4.15. The maximum atomic E-state index is 12.3. The van der Waals surface area contributed by atoms with Crippen molar-refractivity contribution in [2.45, 2.75) is 32.1 Å². The van der Waals surface area contributed by atoms with Crippen molar-refractivity contribution in [1.29, 1.82) is 0 Å². The first-order valence-electron chi connectivity index (χ1n) is 8.86. The summed E-state index contributed by atoms with van der Waals surface area (Å²) in [6.07, 6.45) is 6.64. The lowest BCUT2D eigenvalue weighted by atomic mass is 9.75. The topological polar surface area (TPSA) is 58.6 Å². The molecule has 1 aromatic rings. The minimum Gasteiger partial charge on any atom is -0.465 e. The molecule has 0 radical (unpaired) electrons. The van der Waals surface area contributed by atoms with E-state index in [9.17, 15) is 9.59 Å². The summed E-state index contributed by atoms with van der Waals surface area (Å²) >= 11 is 0. The predicted molar refractivity (Wildman–Crippen MR) is 92.9 cm³/mol. The van der Waals surface area contributed by atoms with E-state index in [-0.39, 0.29) is 11.9 Å². The molecule has 3 rings (SSSR count). The number of methoxy groups -OCH3 is 1. The molecule has 1 aliphatic heterocycles. The van der Waals surface area contributed by atoms with Crippen LogP contribution in [0.4, 0.5) is 5.69 Å². The monoisotopic (exact) mass is 330 g/mol. The Morgan fingerprint density at radius 3 is 2.54 bits per heavy atom. The third-order valence-corrected chi connectivity index (χ3v) is 5.33. The number of ether oxygens (including phenoxy) is 1. The largest absolute Gasteiger partial charge is 0.465 e. The Labute approximate surface area is 143 Å². The van der Waals surface area contributed by atoms with Crippen molar-refractivity contribution in [2.75, 3.05) is 32.1 Å². The number of nitrogens with zero attached hydrogens (tertiary/aromatic N) is 1. The van der Waals surface area contributed by atoms with Crippen molar-refractivity contribution in [3.8, 4) is 0 Å². The van der Waals surface area contributed by atoms with Crippen LogP contribution in [0.15, 0.2) is 24.3 Å². The molecule has 1 saturated heterocycles. The summed E-state index contributed by atoms with van der Waals surface area (Å²) < 4.78 is 4.67. The van der Waals surface area contributed by atoms with Gasteiger partial charge in [-0.3, -0.25) is 9.69 Å². The first-order chi connectivity index (χ1) is 11.7. The van der Waals surface area contributed by atoms with Gasteiger partial charge in [0, 0.05) is 12.2 Å². The van der Waals surface area contributed by atoms with Gasteiger partial charge in [0.05, 0.1) is 19.2 Å². The summed E-state index contributed by atoms with van der Waals surface area (Å²) in [5, 5.41) is 2.91. The number of fused-ring (bicyclic) bond motifs is 1. The van der Waals surface area contributed by atoms with Gasteiger partial charge < -0.3 is 10.1 Å². The molecule has 0 bridgehead atoms. The fraction of sp³-hybridized carbons (Fsp3) is 0.579. The summed E-state index contributed by atoms with van der Waals surface area (Å²) in [7, 11) is 1.35. The van der Waals surface area contributed by atoms with Gasteiger partial charge in [0.1, 0.15) is 0 Å². The quantitative estimate of drug-likeness (QED) is 0.863. The van der Waals surface area contributed by atoms with Gasteiger partial charge in [0.15, 0.2) is 0 Å². The van der Waals surface area contributed by atoms with Crippen molar-refractivity contribution >= 4 is 17.6 Å². The Morgan fingerprint density at radius 1 is 1.12 bits per heavy atom. The Hall–Kier alpha value is -1.88. The Bertz CT molecular complexity index is 585. The molecule has 2 fully saturated rings. The number of hydrogen-bond acceptors (Lipinski definition) is 4. The summed E-state index contributed by atoms with van der Waals surface area (Å²) in [5.41, 5.74) is 1.19. The second-order valence-corrected chi connectivity index (χ2v) is 6.95. The molecule has 2 aliphatic rings. The van der Waals surface area contributed by atoms with Crippen LogP contribution in [0.25, 0.3) is 0 Å². The second-order valence-electron chi connectivity index (χ2n) is 6.95. The number of piperidine rings is 1. The van der Waals surface area contributed by atoms with Crippen molar-refractivity contribution in [3.63, 3.8) is 0 Å². The van der Waals surface area contributed by atoms with Crippen LogP contribution in [0, 0.1) is 11.8 Å². The van der Waals surface area contributed by atoms with Gasteiger partial charge >= 0.3 is 5.97 Å². The van der Waals surface area contributed by atoms with E-state index in [1.54, 1.807) is 24.3 Å². The van der Waals surface area contributed by atoms with Crippen LogP contribution in [0.1, 0.15) is 42.5 Å². The lowest BCUT2D eigenvalue weighted by Crippen LogP contribution is -2.44. The number of nitrogens with one attached hydrogen (secondary N) is 1. The molecule has 130 valence electrons. The number of likely N-dealkylation sites (tertiary alicyclic amines) is 1. The molecule has 0 spiro atoms. The van der Waals surface area contributed by atoms with Gasteiger partial charge in [-0.1, -0.05) is 19.3 Å². The zero-order chi connectivity index (χ0) is 16.9. The molecule has 1 aliphatic carbocycles. The number of benzene rings is 1. The van der Waals surface area contributed by atoms with Gasteiger partial charge in [-0.2, -0.15) is 0 Å². The molecule has 0 aromatic heterocycles. The van der Waals surface area contributed by atoms with Crippen LogP contribution < -0.4 is 5.32 Å². The summed E-state index contributed by atoms with van der Waals surface area (Å²) in [5.74, 6) is 1.29. The number of hydrogen-bond donors (Lipinski definition) is 1. The molecule has 1 N–H and O–H groups in total. The average molecular weight is 330 g/mol. The molecular weight excluding hydrogens is 304 g/mol. The number of rotatable bonds is 4. The number of carbonyl (C=O) groups is 2. The molecule has 24 heavy (non-hydrogen) atoms. The minimum atomic E-state index is -0.372. The van der Waals surface area contributed by atoms with E-state index in [2.05, 4.69) is 15.0 Å². The smallest absolute Gasteiger partial charge is 0.337 e. The fourth-order valence-corrected chi connectivity index (χ4v) is 4.03. The minimum absolute atomic E-state index is 0.00933. The van der Waals surface area contributed by atoms with Crippen LogP contribution in [0.5, 0.6) is 0 Å². The Balaban J connectivity index is 1.49. The average Bonchev–Trinajstić information content (AvgIpc) is 2.61. The summed E-state index contributed by atoms with van der Waals surface area (Å²) in [4.78, 5) is 26.0. The maximum Gasteiger partial charge on any atom is 0.337 e. The SMILES string of the molecule is COC(=O)c1ccc(NC(=O)CN2CC[C@H]3CCCC[C@@H]3C2)cc1. The van der Waals surface area contributed by atoms with E-state index in [0.29, 0.717) is 17.8 Å². The van der Waals surface area contributed by atoms with E-state index in [0.717, 1.165) is 24.9 Å². The lowest BCUT2D eigenvalue weighted by molar-refractivity contribution is -0.118. The second kappa shape index (κ2) is 7.79. The number of esters is 1. The van der Waals surface area contributed by atoms with Crippen molar-refractivity contribution in [3.05, 3.63) is 29.8 Å². The van der Waals surface area contributed by atoms with Gasteiger partial charge in [0.25, 0.3) is 0 Å². The Kier molecular flexibility index (Phi) is 5.51. The lowest BCUT2D eigenvalue weighted by Gasteiger charge is -2.41. The molecule has 1 aromatic carbocycles. The molecule has 1 heterocycles. The first kappa shape index (κ1) is 17.0. The van der Waals surface area contributed by atoms with Gasteiger partial charge in [-0.15, -0.1) is 0 Å². The highest BCUT2D eigenvalue weighted by Crippen LogP contribution is 2.35. The fourth-order valence-electron chi connectivity index (χ4n) is 4.03.